The van der Waals surface area contributed by atoms with Crippen LogP contribution in [0.1, 0.15) is 27.6 Å². The fourth-order valence-corrected chi connectivity index (χ4v) is 2.69. The topological polar surface area (TPSA) is 0 Å². The molecule has 1 atom stereocenters. The Morgan fingerprint density at radius 3 is 2.29 bits per heavy atom. The molecular weight excluding hydrogens is 251 g/mol. The highest BCUT2D eigenvalue weighted by molar-refractivity contribution is 6.33. The molecule has 0 nitrogen and oxygen atoms in total. The monoisotopic (exact) mass is 264 g/mol. The van der Waals surface area contributed by atoms with Gasteiger partial charge < -0.3 is 0 Å². The summed E-state index contributed by atoms with van der Waals surface area (Å²) in [7, 11) is 0. The number of rotatable bonds is 2. The van der Waals surface area contributed by atoms with Crippen LogP contribution in [0.15, 0.2) is 42.5 Å². The fourth-order valence-electron chi connectivity index (χ4n) is 1.96. The lowest BCUT2D eigenvalue weighted by molar-refractivity contribution is 1.10. The highest BCUT2D eigenvalue weighted by Gasteiger charge is 2.15. The van der Waals surface area contributed by atoms with Crippen LogP contribution < -0.4 is 0 Å². The van der Waals surface area contributed by atoms with Crippen LogP contribution in [0.5, 0.6) is 0 Å². The Bertz CT molecular complexity index is 532. The van der Waals surface area contributed by atoms with E-state index in [1.54, 1.807) is 0 Å². The molecule has 0 heterocycles. The lowest BCUT2D eigenvalue weighted by Gasteiger charge is -2.15. The number of benzene rings is 2. The lowest BCUT2D eigenvalue weighted by atomic mass is 9.98. The number of hydrogen-bond acceptors (Lipinski definition) is 0. The summed E-state index contributed by atoms with van der Waals surface area (Å²) in [5.74, 6) is 0. The molecule has 0 bridgehead atoms. The smallest absolute Gasteiger partial charge is 0.0852 e. The molecule has 2 rings (SSSR count). The summed E-state index contributed by atoms with van der Waals surface area (Å²) in [6.45, 7) is 4.16. The Morgan fingerprint density at radius 1 is 0.941 bits per heavy atom. The standard InChI is InChI=1S/C15H14Cl2/c1-10-7-8-12(11(2)9-10)15(17)13-5-3-4-6-14(13)16/h3-9,15H,1-2H3. The summed E-state index contributed by atoms with van der Waals surface area (Å²) in [5.41, 5.74) is 4.52. The fraction of sp³-hybridized carbons (Fsp3) is 0.200. The zero-order valence-corrected chi connectivity index (χ0v) is 11.4. The molecular formula is C15H14Cl2. The minimum atomic E-state index is -0.190. The van der Waals surface area contributed by atoms with Crippen LogP contribution in [0.2, 0.25) is 5.02 Å². The molecule has 0 spiro atoms. The van der Waals surface area contributed by atoms with Gasteiger partial charge in [0, 0.05) is 5.02 Å². The number of halogens is 2. The predicted molar refractivity (Wildman–Crippen MR) is 75.1 cm³/mol. The van der Waals surface area contributed by atoms with Crippen molar-refractivity contribution in [2.45, 2.75) is 19.2 Å². The lowest BCUT2D eigenvalue weighted by Crippen LogP contribution is -1.97. The second kappa shape index (κ2) is 5.12. The van der Waals surface area contributed by atoms with Gasteiger partial charge in [0.15, 0.2) is 0 Å². The first-order valence-electron chi connectivity index (χ1n) is 5.55. The summed E-state index contributed by atoms with van der Waals surface area (Å²) in [6, 6.07) is 14.0. The quantitative estimate of drug-likeness (QED) is 0.647. The average Bonchev–Trinajstić information content (AvgIpc) is 2.29. The molecule has 0 amide bonds. The first-order chi connectivity index (χ1) is 8.09. The van der Waals surface area contributed by atoms with Crippen LogP contribution in [0.3, 0.4) is 0 Å². The molecule has 88 valence electrons. The minimum absolute atomic E-state index is 0.190. The predicted octanol–water partition coefficient (Wildman–Crippen LogP) is 5.29. The zero-order chi connectivity index (χ0) is 12.4. The molecule has 0 aliphatic rings. The van der Waals surface area contributed by atoms with Gasteiger partial charge in [0.25, 0.3) is 0 Å². The van der Waals surface area contributed by atoms with Crippen LogP contribution in [-0.4, -0.2) is 0 Å². The van der Waals surface area contributed by atoms with E-state index in [1.807, 2.05) is 24.3 Å². The van der Waals surface area contributed by atoms with Gasteiger partial charge in [-0.25, -0.2) is 0 Å². The van der Waals surface area contributed by atoms with E-state index in [0.29, 0.717) is 5.02 Å². The van der Waals surface area contributed by atoms with Gasteiger partial charge in [-0.1, -0.05) is 53.6 Å². The van der Waals surface area contributed by atoms with Crippen molar-refractivity contribution in [1.82, 2.24) is 0 Å². The van der Waals surface area contributed by atoms with Crippen molar-refractivity contribution in [2.75, 3.05) is 0 Å². The van der Waals surface area contributed by atoms with Gasteiger partial charge in [-0.3, -0.25) is 0 Å². The maximum atomic E-state index is 6.51. The van der Waals surface area contributed by atoms with Gasteiger partial charge in [0.05, 0.1) is 5.38 Å². The normalized spacial score (nSPS) is 12.5. The Balaban J connectivity index is 2.44. The highest BCUT2D eigenvalue weighted by atomic mass is 35.5. The van der Waals surface area contributed by atoms with Gasteiger partial charge >= 0.3 is 0 Å². The third-order valence-corrected chi connectivity index (χ3v) is 3.69. The third kappa shape index (κ3) is 2.65. The van der Waals surface area contributed by atoms with E-state index in [9.17, 15) is 0 Å². The average molecular weight is 265 g/mol. The minimum Gasteiger partial charge on any atom is -0.113 e. The Hall–Kier alpha value is -0.980. The van der Waals surface area contributed by atoms with E-state index in [-0.39, 0.29) is 5.38 Å². The van der Waals surface area contributed by atoms with Crippen molar-refractivity contribution >= 4 is 23.2 Å². The van der Waals surface area contributed by atoms with Crippen molar-refractivity contribution in [3.8, 4) is 0 Å². The molecule has 2 aromatic carbocycles. The van der Waals surface area contributed by atoms with Crippen molar-refractivity contribution < 1.29 is 0 Å². The third-order valence-electron chi connectivity index (χ3n) is 2.88. The number of alkyl halides is 1. The van der Waals surface area contributed by atoms with E-state index in [1.165, 1.54) is 11.1 Å². The molecule has 0 N–H and O–H groups in total. The van der Waals surface area contributed by atoms with Crippen molar-refractivity contribution in [2.24, 2.45) is 0 Å². The highest BCUT2D eigenvalue weighted by Crippen LogP contribution is 2.35. The Kier molecular flexibility index (Phi) is 3.76. The number of aryl methyl sites for hydroxylation is 2. The van der Waals surface area contributed by atoms with Gasteiger partial charge in [0.2, 0.25) is 0 Å². The molecule has 2 heteroatoms. The number of hydrogen-bond donors (Lipinski definition) is 0. The van der Waals surface area contributed by atoms with E-state index < -0.39 is 0 Å². The van der Waals surface area contributed by atoms with Crippen LogP contribution in [-0.2, 0) is 0 Å². The second-order valence-corrected chi connectivity index (χ2v) is 5.09. The van der Waals surface area contributed by atoms with Gasteiger partial charge in [-0.05, 0) is 36.6 Å². The van der Waals surface area contributed by atoms with Crippen molar-refractivity contribution in [3.05, 3.63) is 69.7 Å². The molecule has 0 saturated carbocycles. The van der Waals surface area contributed by atoms with Crippen LogP contribution in [0.4, 0.5) is 0 Å². The summed E-state index contributed by atoms with van der Waals surface area (Å²) >= 11 is 12.7. The molecule has 0 aromatic heterocycles. The first-order valence-corrected chi connectivity index (χ1v) is 6.36. The molecule has 1 unspecified atom stereocenters. The largest absolute Gasteiger partial charge is 0.113 e. The molecule has 0 aliphatic carbocycles. The summed E-state index contributed by atoms with van der Waals surface area (Å²) in [6.07, 6.45) is 0. The first kappa shape index (κ1) is 12.5. The summed E-state index contributed by atoms with van der Waals surface area (Å²) in [5, 5.41) is 0.525. The van der Waals surface area contributed by atoms with Crippen molar-refractivity contribution in [3.63, 3.8) is 0 Å². The van der Waals surface area contributed by atoms with Crippen LogP contribution in [0, 0.1) is 13.8 Å². The SMILES string of the molecule is Cc1ccc(C(Cl)c2ccccc2Cl)c(C)c1. The van der Waals surface area contributed by atoms with Crippen molar-refractivity contribution in [1.29, 1.82) is 0 Å². The van der Waals surface area contributed by atoms with Gasteiger partial charge in [-0.15, -0.1) is 11.6 Å². The van der Waals surface area contributed by atoms with E-state index in [4.69, 9.17) is 23.2 Å². The molecule has 0 radical (unpaired) electrons. The summed E-state index contributed by atoms with van der Waals surface area (Å²) < 4.78 is 0. The Labute approximate surface area is 112 Å². The molecule has 0 aliphatic heterocycles. The molecule has 2 aromatic rings. The Morgan fingerprint density at radius 2 is 1.65 bits per heavy atom. The summed E-state index contributed by atoms with van der Waals surface area (Å²) in [4.78, 5) is 0. The molecule has 0 fully saturated rings. The molecule has 0 saturated heterocycles. The second-order valence-electron chi connectivity index (χ2n) is 4.24. The van der Waals surface area contributed by atoms with Gasteiger partial charge in [-0.2, -0.15) is 0 Å². The van der Waals surface area contributed by atoms with Crippen LogP contribution >= 0.6 is 23.2 Å². The van der Waals surface area contributed by atoms with Crippen LogP contribution in [0.25, 0.3) is 0 Å². The molecule has 17 heavy (non-hydrogen) atoms. The van der Waals surface area contributed by atoms with E-state index in [2.05, 4.69) is 32.0 Å². The zero-order valence-electron chi connectivity index (χ0n) is 9.87. The maximum absolute atomic E-state index is 6.51. The van der Waals surface area contributed by atoms with E-state index in [0.717, 1.165) is 11.1 Å². The van der Waals surface area contributed by atoms with E-state index >= 15 is 0 Å². The maximum Gasteiger partial charge on any atom is 0.0852 e. The van der Waals surface area contributed by atoms with Gasteiger partial charge in [0.1, 0.15) is 0 Å².